The first kappa shape index (κ1) is 23.6. The van der Waals surface area contributed by atoms with Crippen LogP contribution in [0.25, 0.3) is 11.1 Å². The number of hydrogen-bond acceptors (Lipinski definition) is 3. The molecule has 1 fully saturated rings. The molecular weight excluding hydrogens is 432 g/mol. The van der Waals surface area contributed by atoms with Gasteiger partial charge in [-0.25, -0.2) is 0 Å². The number of piperidine rings is 1. The van der Waals surface area contributed by atoms with E-state index in [4.69, 9.17) is 4.74 Å². The standard InChI is InChI=1S/C31H36N2O2/c1-35-27-16-17-28-26(22-27)15-18-30-29(28)10-7-21-33(30)20-6-5-19-32-31(34)25-13-11-24(12-14-25)23-8-3-2-4-9-23/h2-4,8-9,11-14,16-17,22,29-30H,5-7,10,15,18-21H2,1H3,(H,32,34)/t29-,30-/m0/s1. The normalized spacial score (nSPS) is 19.5. The minimum atomic E-state index is 0.0157. The minimum Gasteiger partial charge on any atom is -0.497 e. The maximum absolute atomic E-state index is 12.6. The fourth-order valence-corrected chi connectivity index (χ4v) is 5.93. The molecule has 0 spiro atoms. The number of rotatable bonds is 8. The lowest BCUT2D eigenvalue weighted by Gasteiger charge is -2.45. The van der Waals surface area contributed by atoms with Gasteiger partial charge in [0.25, 0.3) is 5.91 Å². The number of nitrogens with one attached hydrogen (secondary N) is 1. The lowest BCUT2D eigenvalue weighted by molar-refractivity contribution is 0.0948. The highest BCUT2D eigenvalue weighted by Crippen LogP contribution is 2.41. The van der Waals surface area contributed by atoms with E-state index >= 15 is 0 Å². The van der Waals surface area contributed by atoms with Gasteiger partial charge in [-0.05, 0) is 104 Å². The molecule has 35 heavy (non-hydrogen) atoms. The number of nitrogens with zero attached hydrogens (tertiary/aromatic N) is 1. The van der Waals surface area contributed by atoms with E-state index < -0.39 is 0 Å². The van der Waals surface area contributed by atoms with Crippen LogP contribution in [0.3, 0.4) is 0 Å². The predicted octanol–water partition coefficient (Wildman–Crippen LogP) is 6.07. The first-order valence-electron chi connectivity index (χ1n) is 13.1. The van der Waals surface area contributed by atoms with E-state index in [1.807, 2.05) is 42.5 Å². The van der Waals surface area contributed by atoms with Gasteiger partial charge >= 0.3 is 0 Å². The number of amides is 1. The molecular formula is C31H36N2O2. The summed E-state index contributed by atoms with van der Waals surface area (Å²) in [4.78, 5) is 15.3. The number of aryl methyl sites for hydroxylation is 1. The topological polar surface area (TPSA) is 41.6 Å². The van der Waals surface area contributed by atoms with Crippen LogP contribution in [0.1, 0.15) is 59.5 Å². The second-order valence-electron chi connectivity index (χ2n) is 9.86. The quantitative estimate of drug-likeness (QED) is 0.408. The molecule has 2 aliphatic rings. The van der Waals surface area contributed by atoms with Crippen LogP contribution in [0.5, 0.6) is 5.75 Å². The summed E-state index contributed by atoms with van der Waals surface area (Å²) in [6.45, 7) is 3.05. The number of ether oxygens (including phenoxy) is 1. The van der Waals surface area contributed by atoms with Gasteiger partial charge in [-0.15, -0.1) is 0 Å². The van der Waals surface area contributed by atoms with Crippen molar-refractivity contribution in [3.05, 3.63) is 89.5 Å². The van der Waals surface area contributed by atoms with Crippen molar-refractivity contribution in [3.8, 4) is 16.9 Å². The Kier molecular flexibility index (Phi) is 7.48. The van der Waals surface area contributed by atoms with E-state index in [0.29, 0.717) is 12.0 Å². The number of carbonyl (C=O) groups is 1. The smallest absolute Gasteiger partial charge is 0.251 e. The third kappa shape index (κ3) is 5.43. The molecule has 4 nitrogen and oxygen atoms in total. The van der Waals surface area contributed by atoms with Gasteiger partial charge in [0.1, 0.15) is 5.75 Å². The maximum atomic E-state index is 12.6. The molecule has 1 saturated heterocycles. The van der Waals surface area contributed by atoms with E-state index in [1.165, 1.54) is 42.5 Å². The third-order valence-electron chi connectivity index (χ3n) is 7.76. The summed E-state index contributed by atoms with van der Waals surface area (Å²) in [7, 11) is 1.75. The molecule has 0 aromatic heterocycles. The van der Waals surface area contributed by atoms with Crippen molar-refractivity contribution in [3.63, 3.8) is 0 Å². The number of benzene rings is 3. The molecule has 3 aromatic rings. The van der Waals surface area contributed by atoms with Crippen molar-refractivity contribution in [2.24, 2.45) is 0 Å². The number of methoxy groups -OCH3 is 1. The van der Waals surface area contributed by atoms with E-state index in [0.717, 1.165) is 49.2 Å². The Hall–Kier alpha value is -3.11. The number of unbranched alkanes of at least 4 members (excludes halogenated alkanes) is 1. The number of likely N-dealkylation sites (tertiary alicyclic amines) is 1. The predicted molar refractivity (Wildman–Crippen MR) is 142 cm³/mol. The van der Waals surface area contributed by atoms with Crippen LogP contribution < -0.4 is 10.1 Å². The number of fused-ring (bicyclic) bond motifs is 3. The van der Waals surface area contributed by atoms with E-state index in [-0.39, 0.29) is 5.91 Å². The lowest BCUT2D eigenvalue weighted by Crippen LogP contribution is -2.46. The third-order valence-corrected chi connectivity index (χ3v) is 7.76. The zero-order chi connectivity index (χ0) is 24.0. The molecule has 0 unspecified atom stereocenters. The fraction of sp³-hybridized carbons (Fsp3) is 0.387. The summed E-state index contributed by atoms with van der Waals surface area (Å²) in [5.41, 5.74) is 6.04. The van der Waals surface area contributed by atoms with E-state index in [2.05, 4.69) is 40.5 Å². The molecule has 0 bridgehead atoms. The summed E-state index contributed by atoms with van der Waals surface area (Å²) in [6, 6.07) is 25.5. The van der Waals surface area contributed by atoms with Gasteiger partial charge in [0.15, 0.2) is 0 Å². The Bertz CT molecular complexity index is 1130. The molecule has 1 heterocycles. The summed E-state index contributed by atoms with van der Waals surface area (Å²) < 4.78 is 5.44. The Morgan fingerprint density at radius 2 is 1.77 bits per heavy atom. The molecule has 1 aliphatic heterocycles. The van der Waals surface area contributed by atoms with Crippen molar-refractivity contribution in [2.75, 3.05) is 26.7 Å². The zero-order valence-electron chi connectivity index (χ0n) is 20.7. The molecule has 182 valence electrons. The largest absolute Gasteiger partial charge is 0.497 e. The van der Waals surface area contributed by atoms with Crippen LogP contribution in [0.4, 0.5) is 0 Å². The SMILES string of the molecule is COc1ccc2c(c1)CC[C@H]1[C@H]2CCCN1CCCCNC(=O)c1ccc(-c2ccccc2)cc1. The molecule has 0 radical (unpaired) electrons. The highest BCUT2D eigenvalue weighted by molar-refractivity contribution is 5.94. The molecule has 5 rings (SSSR count). The molecule has 3 aromatic carbocycles. The van der Waals surface area contributed by atoms with Crippen molar-refractivity contribution >= 4 is 5.91 Å². The van der Waals surface area contributed by atoms with Crippen LogP contribution in [0, 0.1) is 0 Å². The minimum absolute atomic E-state index is 0.0157. The average molecular weight is 469 g/mol. The first-order valence-corrected chi connectivity index (χ1v) is 13.1. The second kappa shape index (κ2) is 11.1. The maximum Gasteiger partial charge on any atom is 0.251 e. The highest BCUT2D eigenvalue weighted by atomic mass is 16.5. The van der Waals surface area contributed by atoms with Crippen molar-refractivity contribution < 1.29 is 9.53 Å². The first-order chi connectivity index (χ1) is 17.2. The van der Waals surface area contributed by atoms with Crippen LogP contribution in [0.2, 0.25) is 0 Å². The van der Waals surface area contributed by atoms with Crippen LogP contribution in [-0.4, -0.2) is 43.6 Å². The summed E-state index contributed by atoms with van der Waals surface area (Å²) in [5, 5.41) is 3.11. The van der Waals surface area contributed by atoms with Crippen LogP contribution in [0.15, 0.2) is 72.8 Å². The summed E-state index contributed by atoms with van der Waals surface area (Å²) >= 11 is 0. The second-order valence-corrected chi connectivity index (χ2v) is 9.86. The molecule has 1 amide bonds. The van der Waals surface area contributed by atoms with Gasteiger partial charge in [0.2, 0.25) is 0 Å². The Balaban J connectivity index is 1.08. The van der Waals surface area contributed by atoms with Crippen molar-refractivity contribution in [2.45, 2.75) is 50.5 Å². The van der Waals surface area contributed by atoms with Gasteiger partial charge < -0.3 is 10.1 Å². The van der Waals surface area contributed by atoms with E-state index in [1.54, 1.807) is 7.11 Å². The van der Waals surface area contributed by atoms with Crippen LogP contribution >= 0.6 is 0 Å². The van der Waals surface area contributed by atoms with Gasteiger partial charge in [0.05, 0.1) is 7.11 Å². The number of carbonyl (C=O) groups excluding carboxylic acids is 1. The Morgan fingerprint density at radius 1 is 0.971 bits per heavy atom. The average Bonchev–Trinajstić information content (AvgIpc) is 2.93. The molecule has 1 aliphatic carbocycles. The summed E-state index contributed by atoms with van der Waals surface area (Å²) in [6.07, 6.45) is 7.06. The monoisotopic (exact) mass is 468 g/mol. The van der Waals surface area contributed by atoms with Gasteiger partial charge in [0, 0.05) is 18.2 Å². The zero-order valence-corrected chi connectivity index (χ0v) is 20.7. The fourth-order valence-electron chi connectivity index (χ4n) is 5.93. The molecule has 1 N–H and O–H groups in total. The summed E-state index contributed by atoms with van der Waals surface area (Å²) in [5.74, 6) is 1.64. The van der Waals surface area contributed by atoms with Gasteiger partial charge in [-0.1, -0.05) is 48.5 Å². The van der Waals surface area contributed by atoms with Gasteiger partial charge in [-0.3, -0.25) is 9.69 Å². The van der Waals surface area contributed by atoms with Crippen LogP contribution in [-0.2, 0) is 6.42 Å². The molecule has 2 atom stereocenters. The van der Waals surface area contributed by atoms with Crippen molar-refractivity contribution in [1.82, 2.24) is 10.2 Å². The molecule has 0 saturated carbocycles. The Labute approximate surface area is 209 Å². The molecule has 4 heteroatoms. The highest BCUT2D eigenvalue weighted by Gasteiger charge is 2.35. The lowest BCUT2D eigenvalue weighted by atomic mass is 9.74. The van der Waals surface area contributed by atoms with Gasteiger partial charge in [-0.2, -0.15) is 0 Å². The Morgan fingerprint density at radius 3 is 2.57 bits per heavy atom. The number of hydrogen-bond donors (Lipinski definition) is 1. The van der Waals surface area contributed by atoms with E-state index in [9.17, 15) is 4.79 Å². The van der Waals surface area contributed by atoms with Crippen molar-refractivity contribution in [1.29, 1.82) is 0 Å².